The summed E-state index contributed by atoms with van der Waals surface area (Å²) in [5, 5.41) is 0.612. The lowest BCUT2D eigenvalue weighted by Gasteiger charge is -2.08. The molecule has 1 aromatic carbocycles. The molecule has 1 aromatic heterocycles. The molecule has 0 aliphatic heterocycles. The summed E-state index contributed by atoms with van der Waals surface area (Å²) in [6.45, 7) is 3.33. The van der Waals surface area contributed by atoms with Crippen LogP contribution < -0.4 is 4.74 Å². The molecule has 2 aromatic rings. The third-order valence-electron chi connectivity index (χ3n) is 2.36. The molecule has 90 valence electrons. The minimum absolute atomic E-state index is 0.406. The number of aromatic nitrogens is 2. The molecule has 5 heteroatoms. The van der Waals surface area contributed by atoms with E-state index in [1.807, 2.05) is 29.0 Å². The van der Waals surface area contributed by atoms with Gasteiger partial charge in [0.1, 0.15) is 22.8 Å². The van der Waals surface area contributed by atoms with Gasteiger partial charge in [0.15, 0.2) is 0 Å². The largest absolute Gasteiger partial charge is 0.484 e. The number of benzene rings is 1. The maximum atomic E-state index is 6.01. The van der Waals surface area contributed by atoms with Crippen LogP contribution in [0.3, 0.4) is 0 Å². The minimum Gasteiger partial charge on any atom is -0.484 e. The quantitative estimate of drug-likeness (QED) is 0.855. The Morgan fingerprint density at radius 2 is 2.18 bits per heavy atom. The zero-order valence-electron chi connectivity index (χ0n) is 9.36. The number of para-hydroxylation sites is 1. The summed E-state index contributed by atoms with van der Waals surface area (Å²) >= 11 is 9.36. The number of halogens is 2. The average molecular weight is 316 g/mol. The van der Waals surface area contributed by atoms with Crippen molar-refractivity contribution in [3.05, 3.63) is 45.9 Å². The van der Waals surface area contributed by atoms with Crippen LogP contribution in [-0.4, -0.2) is 9.55 Å². The third kappa shape index (κ3) is 3.01. The van der Waals surface area contributed by atoms with E-state index in [1.54, 1.807) is 6.07 Å². The van der Waals surface area contributed by atoms with Crippen molar-refractivity contribution in [2.75, 3.05) is 0 Å². The maximum Gasteiger partial charge on any atom is 0.148 e. The van der Waals surface area contributed by atoms with Crippen molar-refractivity contribution in [2.24, 2.45) is 0 Å². The second-order valence-electron chi connectivity index (χ2n) is 3.48. The van der Waals surface area contributed by atoms with E-state index in [0.717, 1.165) is 17.0 Å². The van der Waals surface area contributed by atoms with E-state index in [9.17, 15) is 0 Å². The van der Waals surface area contributed by atoms with Crippen molar-refractivity contribution in [3.8, 4) is 5.75 Å². The molecule has 1 heterocycles. The van der Waals surface area contributed by atoms with E-state index < -0.39 is 0 Å². The summed E-state index contributed by atoms with van der Waals surface area (Å²) in [4.78, 5) is 4.34. The normalized spacial score (nSPS) is 10.5. The van der Waals surface area contributed by atoms with Gasteiger partial charge in [-0.1, -0.05) is 23.7 Å². The fourth-order valence-corrected chi connectivity index (χ4v) is 2.15. The van der Waals surface area contributed by atoms with Crippen molar-refractivity contribution >= 4 is 27.5 Å². The van der Waals surface area contributed by atoms with Gasteiger partial charge in [0.25, 0.3) is 0 Å². The molecule has 0 unspecified atom stereocenters. The standard InChI is InChI=1S/C12H12BrClN2O/c1-2-16-7-11(13)15-12(16)8-17-10-6-4-3-5-9(10)14/h3-7H,2,8H2,1H3. The highest BCUT2D eigenvalue weighted by Gasteiger charge is 2.07. The summed E-state index contributed by atoms with van der Waals surface area (Å²) in [6.07, 6.45) is 1.94. The van der Waals surface area contributed by atoms with Crippen molar-refractivity contribution < 1.29 is 4.74 Å². The van der Waals surface area contributed by atoms with Crippen molar-refractivity contribution in [1.82, 2.24) is 9.55 Å². The predicted octanol–water partition coefficient (Wildman–Crippen LogP) is 3.90. The van der Waals surface area contributed by atoms with Crippen LogP contribution in [0.25, 0.3) is 0 Å². The molecule has 0 spiro atoms. The highest BCUT2D eigenvalue weighted by atomic mass is 79.9. The van der Waals surface area contributed by atoms with Gasteiger partial charge in [-0.3, -0.25) is 0 Å². The number of hydrogen-bond donors (Lipinski definition) is 0. The monoisotopic (exact) mass is 314 g/mol. The highest BCUT2D eigenvalue weighted by Crippen LogP contribution is 2.24. The molecule has 0 aliphatic carbocycles. The predicted molar refractivity (Wildman–Crippen MR) is 71.4 cm³/mol. The summed E-state index contributed by atoms with van der Waals surface area (Å²) in [7, 11) is 0. The summed E-state index contributed by atoms with van der Waals surface area (Å²) in [6, 6.07) is 7.41. The lowest BCUT2D eigenvalue weighted by atomic mass is 10.3. The molecule has 0 atom stereocenters. The molecular weight excluding hydrogens is 304 g/mol. The van der Waals surface area contributed by atoms with Crippen molar-refractivity contribution in [1.29, 1.82) is 0 Å². The maximum absolute atomic E-state index is 6.01. The van der Waals surface area contributed by atoms with Crippen LogP contribution in [0, 0.1) is 0 Å². The number of aryl methyl sites for hydroxylation is 1. The molecule has 0 fully saturated rings. The van der Waals surface area contributed by atoms with E-state index in [1.165, 1.54) is 0 Å². The van der Waals surface area contributed by atoms with Gasteiger partial charge >= 0.3 is 0 Å². The average Bonchev–Trinajstić information content (AvgIpc) is 2.69. The first-order valence-corrected chi connectivity index (χ1v) is 6.46. The number of rotatable bonds is 4. The lowest BCUT2D eigenvalue weighted by Crippen LogP contribution is -2.05. The molecule has 0 aliphatic rings. The number of imidazole rings is 1. The highest BCUT2D eigenvalue weighted by molar-refractivity contribution is 9.10. The molecule has 0 saturated heterocycles. The van der Waals surface area contributed by atoms with E-state index in [0.29, 0.717) is 17.4 Å². The van der Waals surface area contributed by atoms with E-state index >= 15 is 0 Å². The van der Waals surface area contributed by atoms with Gasteiger partial charge < -0.3 is 9.30 Å². The van der Waals surface area contributed by atoms with Gasteiger partial charge in [-0.15, -0.1) is 0 Å². The van der Waals surface area contributed by atoms with E-state index in [-0.39, 0.29) is 0 Å². The Morgan fingerprint density at radius 1 is 1.41 bits per heavy atom. The smallest absolute Gasteiger partial charge is 0.148 e. The molecule has 17 heavy (non-hydrogen) atoms. The molecule has 0 amide bonds. The Hall–Kier alpha value is -1.00. The van der Waals surface area contributed by atoms with Gasteiger partial charge in [-0.25, -0.2) is 4.98 Å². The first kappa shape index (κ1) is 12.5. The second kappa shape index (κ2) is 5.56. The topological polar surface area (TPSA) is 27.1 Å². The summed E-state index contributed by atoms with van der Waals surface area (Å²) in [5.41, 5.74) is 0. The Kier molecular flexibility index (Phi) is 4.07. The lowest BCUT2D eigenvalue weighted by molar-refractivity contribution is 0.290. The second-order valence-corrected chi connectivity index (χ2v) is 4.70. The summed E-state index contributed by atoms with van der Waals surface area (Å²) < 4.78 is 8.49. The van der Waals surface area contributed by atoms with Gasteiger partial charge in [0, 0.05) is 12.7 Å². The Balaban J connectivity index is 2.09. The van der Waals surface area contributed by atoms with Crippen LogP contribution in [0.2, 0.25) is 5.02 Å². The molecule has 0 radical (unpaired) electrons. The first-order chi connectivity index (χ1) is 8.20. The van der Waals surface area contributed by atoms with Crippen LogP contribution >= 0.6 is 27.5 Å². The number of nitrogens with zero attached hydrogens (tertiary/aromatic N) is 2. The van der Waals surface area contributed by atoms with Crippen LogP contribution in [0.1, 0.15) is 12.7 Å². The first-order valence-electron chi connectivity index (χ1n) is 5.29. The zero-order valence-corrected chi connectivity index (χ0v) is 11.7. The Morgan fingerprint density at radius 3 is 2.88 bits per heavy atom. The van der Waals surface area contributed by atoms with Gasteiger partial charge in [0.05, 0.1) is 5.02 Å². The summed E-state index contributed by atoms with van der Waals surface area (Å²) in [5.74, 6) is 1.55. The molecule has 3 nitrogen and oxygen atoms in total. The number of ether oxygens (including phenoxy) is 1. The van der Waals surface area contributed by atoms with E-state index in [2.05, 4.69) is 27.8 Å². The van der Waals surface area contributed by atoms with Crippen LogP contribution in [-0.2, 0) is 13.2 Å². The molecule has 2 rings (SSSR count). The molecule has 0 saturated carbocycles. The van der Waals surface area contributed by atoms with Crippen molar-refractivity contribution in [3.63, 3.8) is 0 Å². The van der Waals surface area contributed by atoms with Gasteiger partial charge in [-0.2, -0.15) is 0 Å². The van der Waals surface area contributed by atoms with Crippen LogP contribution in [0.5, 0.6) is 5.75 Å². The van der Waals surface area contributed by atoms with E-state index in [4.69, 9.17) is 16.3 Å². The fourth-order valence-electron chi connectivity index (χ4n) is 1.51. The number of hydrogen-bond acceptors (Lipinski definition) is 2. The molecular formula is C12H12BrClN2O. The minimum atomic E-state index is 0.406. The zero-order chi connectivity index (χ0) is 12.3. The SMILES string of the molecule is CCn1cc(Br)nc1COc1ccccc1Cl. The van der Waals surface area contributed by atoms with Crippen LogP contribution in [0.4, 0.5) is 0 Å². The molecule has 0 N–H and O–H groups in total. The Bertz CT molecular complexity index is 513. The molecule has 0 bridgehead atoms. The van der Waals surface area contributed by atoms with Crippen LogP contribution in [0.15, 0.2) is 35.1 Å². The van der Waals surface area contributed by atoms with Gasteiger partial charge in [0.2, 0.25) is 0 Å². The van der Waals surface area contributed by atoms with Crippen molar-refractivity contribution in [2.45, 2.75) is 20.1 Å². The Labute approximate surface area is 114 Å². The third-order valence-corrected chi connectivity index (χ3v) is 3.06. The fraction of sp³-hybridized carbons (Fsp3) is 0.250. The van der Waals surface area contributed by atoms with Gasteiger partial charge in [-0.05, 0) is 35.0 Å².